The van der Waals surface area contributed by atoms with Crippen molar-refractivity contribution in [2.24, 2.45) is 7.05 Å². The second kappa shape index (κ2) is 5.07. The van der Waals surface area contributed by atoms with Crippen molar-refractivity contribution in [3.8, 4) is 22.5 Å². The minimum absolute atomic E-state index is 0.120. The van der Waals surface area contributed by atoms with Gasteiger partial charge in [-0.1, -0.05) is 24.3 Å². The first-order valence-corrected chi connectivity index (χ1v) is 7.78. The SMILES string of the molecule is CCn1c2nc(=O)n(C)c(=O)c-2cc2c1C(=O)C(=O)c1ccccc1-2. The first-order valence-electron chi connectivity index (χ1n) is 7.78. The highest BCUT2D eigenvalue weighted by Crippen LogP contribution is 2.36. The number of pyridine rings is 1. The normalized spacial score (nSPS) is 13.0. The van der Waals surface area contributed by atoms with E-state index in [1.54, 1.807) is 37.3 Å². The third-order valence-corrected chi connectivity index (χ3v) is 4.53. The van der Waals surface area contributed by atoms with Gasteiger partial charge in [0.25, 0.3) is 11.3 Å². The average molecular weight is 335 g/mol. The number of Topliss-reactive ketones (excluding diaryl/α,β-unsaturated/α-hetero) is 2. The van der Waals surface area contributed by atoms with Crippen molar-refractivity contribution in [1.29, 1.82) is 0 Å². The van der Waals surface area contributed by atoms with Crippen LogP contribution in [-0.4, -0.2) is 25.7 Å². The Labute approximate surface area is 141 Å². The van der Waals surface area contributed by atoms with Crippen LogP contribution in [0.1, 0.15) is 27.8 Å². The van der Waals surface area contributed by atoms with Gasteiger partial charge in [-0.05, 0) is 18.6 Å². The van der Waals surface area contributed by atoms with Gasteiger partial charge in [-0.15, -0.1) is 0 Å². The van der Waals surface area contributed by atoms with Gasteiger partial charge in [0.15, 0.2) is 5.82 Å². The van der Waals surface area contributed by atoms with Crippen LogP contribution in [0.4, 0.5) is 0 Å². The van der Waals surface area contributed by atoms with Crippen molar-refractivity contribution in [3.05, 3.63) is 62.4 Å². The van der Waals surface area contributed by atoms with E-state index in [-0.39, 0.29) is 17.1 Å². The van der Waals surface area contributed by atoms with Crippen LogP contribution < -0.4 is 11.2 Å². The number of ketones is 2. The van der Waals surface area contributed by atoms with E-state index in [2.05, 4.69) is 4.98 Å². The maximum Gasteiger partial charge on any atom is 0.352 e. The third kappa shape index (κ3) is 1.89. The van der Waals surface area contributed by atoms with E-state index in [4.69, 9.17) is 0 Å². The molecule has 3 aliphatic rings. The molecule has 0 atom stereocenters. The molecule has 2 heterocycles. The van der Waals surface area contributed by atoms with Crippen molar-refractivity contribution in [2.75, 3.05) is 0 Å². The van der Waals surface area contributed by atoms with E-state index in [1.165, 1.54) is 11.6 Å². The van der Waals surface area contributed by atoms with E-state index >= 15 is 0 Å². The molecule has 4 rings (SSSR count). The van der Waals surface area contributed by atoms with Crippen LogP contribution in [0.25, 0.3) is 22.5 Å². The fourth-order valence-corrected chi connectivity index (χ4v) is 3.29. The highest BCUT2D eigenvalue weighted by atomic mass is 16.2. The van der Waals surface area contributed by atoms with Gasteiger partial charge < -0.3 is 4.57 Å². The van der Waals surface area contributed by atoms with Crippen LogP contribution in [0.3, 0.4) is 0 Å². The third-order valence-electron chi connectivity index (χ3n) is 4.53. The Morgan fingerprint density at radius 3 is 2.28 bits per heavy atom. The minimum Gasteiger partial charge on any atom is -0.322 e. The smallest absolute Gasteiger partial charge is 0.322 e. The number of benzene rings is 1. The maximum absolute atomic E-state index is 12.7. The highest BCUT2D eigenvalue weighted by Gasteiger charge is 2.35. The van der Waals surface area contributed by atoms with Gasteiger partial charge in [-0.25, -0.2) is 4.79 Å². The summed E-state index contributed by atoms with van der Waals surface area (Å²) in [5.74, 6) is -1.14. The second-order valence-corrected chi connectivity index (χ2v) is 5.85. The molecule has 124 valence electrons. The lowest BCUT2D eigenvalue weighted by Crippen LogP contribution is -2.37. The quantitative estimate of drug-likeness (QED) is 0.621. The maximum atomic E-state index is 12.7. The van der Waals surface area contributed by atoms with Crippen LogP contribution >= 0.6 is 0 Å². The molecule has 0 spiro atoms. The molecule has 0 saturated carbocycles. The molecule has 0 amide bonds. The van der Waals surface area contributed by atoms with Crippen LogP contribution in [0.15, 0.2) is 39.9 Å². The lowest BCUT2D eigenvalue weighted by Gasteiger charge is -2.24. The number of aromatic nitrogens is 3. The zero-order valence-corrected chi connectivity index (χ0v) is 13.6. The van der Waals surface area contributed by atoms with E-state index in [0.717, 1.165) is 4.57 Å². The Morgan fingerprint density at radius 2 is 1.60 bits per heavy atom. The van der Waals surface area contributed by atoms with Crippen LogP contribution in [-0.2, 0) is 13.6 Å². The summed E-state index contributed by atoms with van der Waals surface area (Å²) in [5, 5.41) is 0. The summed E-state index contributed by atoms with van der Waals surface area (Å²) in [6.07, 6.45) is 0. The van der Waals surface area contributed by atoms with Gasteiger partial charge in [0, 0.05) is 24.7 Å². The molecule has 0 radical (unpaired) electrons. The number of carbonyl (C=O) groups is 2. The van der Waals surface area contributed by atoms with Crippen LogP contribution in [0.2, 0.25) is 0 Å². The Hall–Kier alpha value is -3.35. The molecule has 0 aromatic heterocycles. The molecule has 1 aromatic rings. The second-order valence-electron chi connectivity index (χ2n) is 5.85. The van der Waals surface area contributed by atoms with Crippen LogP contribution in [0.5, 0.6) is 0 Å². The van der Waals surface area contributed by atoms with Crippen molar-refractivity contribution < 1.29 is 9.59 Å². The molecule has 2 aliphatic heterocycles. The van der Waals surface area contributed by atoms with Crippen molar-refractivity contribution >= 4 is 11.6 Å². The standard InChI is InChI=1S/C18H13N3O4/c1-3-21-13-11(8-12-16(21)19-18(25)20(2)17(12)24)9-6-4-5-7-10(9)14(22)15(13)23/h4-8H,3H2,1-2H3. The van der Waals surface area contributed by atoms with Gasteiger partial charge in [0.1, 0.15) is 5.69 Å². The molecule has 25 heavy (non-hydrogen) atoms. The number of hydrogen-bond donors (Lipinski definition) is 0. The molecule has 1 aromatic carbocycles. The summed E-state index contributed by atoms with van der Waals surface area (Å²) in [7, 11) is 1.36. The fourth-order valence-electron chi connectivity index (χ4n) is 3.29. The minimum atomic E-state index is -0.699. The topological polar surface area (TPSA) is 91.0 Å². The summed E-state index contributed by atoms with van der Waals surface area (Å²) in [5.41, 5.74) is 0.633. The Bertz CT molecular complexity index is 1170. The van der Waals surface area contributed by atoms with Gasteiger partial charge >= 0.3 is 5.69 Å². The first-order chi connectivity index (χ1) is 12.0. The van der Waals surface area contributed by atoms with E-state index in [1.807, 2.05) is 0 Å². The summed E-state index contributed by atoms with van der Waals surface area (Å²) in [6, 6.07) is 8.34. The molecule has 0 unspecified atom stereocenters. The van der Waals surface area contributed by atoms with Crippen LogP contribution in [0, 0.1) is 0 Å². The van der Waals surface area contributed by atoms with Gasteiger partial charge in [-0.3, -0.25) is 19.0 Å². The zero-order chi connectivity index (χ0) is 17.9. The Morgan fingerprint density at radius 1 is 0.920 bits per heavy atom. The summed E-state index contributed by atoms with van der Waals surface area (Å²) in [6.45, 7) is 2.06. The zero-order valence-electron chi connectivity index (χ0n) is 13.6. The lowest BCUT2D eigenvalue weighted by atomic mass is 9.85. The molecule has 7 heteroatoms. The number of fused-ring (bicyclic) bond motifs is 4. The Balaban J connectivity index is 2.26. The fraction of sp³-hybridized carbons (Fsp3) is 0.167. The summed E-state index contributed by atoms with van der Waals surface area (Å²) >= 11 is 0. The highest BCUT2D eigenvalue weighted by molar-refractivity contribution is 6.52. The molecule has 0 N–H and O–H groups in total. The largest absolute Gasteiger partial charge is 0.352 e. The number of rotatable bonds is 1. The molecular weight excluding hydrogens is 322 g/mol. The number of nitrogens with zero attached hydrogens (tertiary/aromatic N) is 3. The summed E-state index contributed by atoms with van der Waals surface area (Å²) < 4.78 is 2.40. The predicted molar refractivity (Wildman–Crippen MR) is 90.1 cm³/mol. The Kier molecular flexibility index (Phi) is 3.08. The van der Waals surface area contributed by atoms with Gasteiger partial charge in [0.05, 0.1) is 5.56 Å². The molecule has 0 saturated heterocycles. The number of hydrogen-bond acceptors (Lipinski definition) is 5. The van der Waals surface area contributed by atoms with Crippen molar-refractivity contribution in [3.63, 3.8) is 0 Å². The van der Waals surface area contributed by atoms with Crippen molar-refractivity contribution in [2.45, 2.75) is 13.5 Å². The molecular formula is C18H13N3O4. The average Bonchev–Trinajstić information content (AvgIpc) is 2.63. The summed E-state index contributed by atoms with van der Waals surface area (Å²) in [4.78, 5) is 53.5. The van der Waals surface area contributed by atoms with Gasteiger partial charge in [0.2, 0.25) is 5.78 Å². The van der Waals surface area contributed by atoms with E-state index < -0.39 is 22.8 Å². The lowest BCUT2D eigenvalue weighted by molar-refractivity contribution is 0.0809. The molecule has 0 bridgehead atoms. The van der Waals surface area contributed by atoms with Crippen molar-refractivity contribution in [1.82, 2.24) is 14.1 Å². The predicted octanol–water partition coefficient (Wildman–Crippen LogP) is 1.11. The monoisotopic (exact) mass is 335 g/mol. The molecule has 7 nitrogen and oxygen atoms in total. The first kappa shape index (κ1) is 15.2. The molecule has 0 fully saturated rings. The number of carbonyl (C=O) groups excluding carboxylic acids is 2. The van der Waals surface area contributed by atoms with Gasteiger partial charge in [-0.2, -0.15) is 4.98 Å². The molecule has 1 aliphatic carbocycles. The van der Waals surface area contributed by atoms with E-state index in [0.29, 0.717) is 23.2 Å². The van der Waals surface area contributed by atoms with E-state index in [9.17, 15) is 19.2 Å².